The summed E-state index contributed by atoms with van der Waals surface area (Å²) in [6.45, 7) is 46.3. The topological polar surface area (TPSA) is 59.0 Å². The molecule has 0 saturated heterocycles. The molecule has 0 amide bonds. The molecular formula is C80H84N2O4. The van der Waals surface area contributed by atoms with E-state index in [-0.39, 0.29) is 32.5 Å². The lowest BCUT2D eigenvalue weighted by Gasteiger charge is -2.38. The maximum absolute atomic E-state index is 7.40. The summed E-state index contributed by atoms with van der Waals surface area (Å²) in [5, 5.41) is 7.92. The van der Waals surface area contributed by atoms with Crippen LogP contribution in [-0.4, -0.2) is 0 Å². The molecule has 4 aromatic heterocycles. The van der Waals surface area contributed by atoms with Gasteiger partial charge in [0.15, 0.2) is 11.2 Å². The number of benzene rings is 9. The monoisotopic (exact) mass is 1140 g/mol. The van der Waals surface area contributed by atoms with Crippen molar-refractivity contribution in [3.8, 4) is 0 Å². The molecule has 86 heavy (non-hydrogen) atoms. The van der Waals surface area contributed by atoms with E-state index < -0.39 is 0 Å². The molecular weight excluding hydrogens is 1050 g/mol. The molecule has 0 atom stereocenters. The van der Waals surface area contributed by atoms with Crippen LogP contribution < -0.4 is 9.80 Å². The Labute approximate surface area is 507 Å². The number of hydrogen-bond donors (Lipinski definition) is 0. The normalized spacial score (nSPS) is 13.3. The fourth-order valence-electron chi connectivity index (χ4n) is 13.2. The summed E-state index contributed by atoms with van der Waals surface area (Å²) in [5.74, 6) is 0. The number of nitrogens with zero attached hydrogens (tertiary/aromatic N) is 2. The predicted molar refractivity (Wildman–Crippen MR) is 367 cm³/mol. The number of aryl methyl sites for hydroxylation is 2. The van der Waals surface area contributed by atoms with Crippen LogP contribution in [0, 0.1) is 13.8 Å². The van der Waals surface area contributed by atoms with Crippen molar-refractivity contribution in [2.24, 2.45) is 0 Å². The van der Waals surface area contributed by atoms with Gasteiger partial charge < -0.3 is 27.5 Å². The van der Waals surface area contributed by atoms with Gasteiger partial charge >= 0.3 is 0 Å². The second-order valence-electron chi connectivity index (χ2n) is 30.9. The Balaban J connectivity index is 1.13. The Morgan fingerprint density at radius 3 is 0.895 bits per heavy atom. The first-order valence-electron chi connectivity index (χ1n) is 30.9. The van der Waals surface area contributed by atoms with Gasteiger partial charge in [-0.25, -0.2) is 0 Å². The summed E-state index contributed by atoms with van der Waals surface area (Å²) in [5.41, 5.74) is 21.5. The molecule has 0 spiro atoms. The van der Waals surface area contributed by atoms with Crippen molar-refractivity contribution in [3.63, 3.8) is 0 Å². The van der Waals surface area contributed by atoms with Crippen LogP contribution in [0.3, 0.4) is 0 Å². The van der Waals surface area contributed by atoms with Crippen molar-refractivity contribution >= 4 is 122 Å². The van der Waals surface area contributed by atoms with E-state index in [2.05, 4.69) is 294 Å². The minimum atomic E-state index is -0.235. The average Bonchev–Trinajstić information content (AvgIpc) is 1.55. The Bertz CT molecular complexity index is 4490. The number of para-hydroxylation sites is 2. The van der Waals surface area contributed by atoms with E-state index in [1.807, 2.05) is 0 Å². The van der Waals surface area contributed by atoms with Crippen LogP contribution in [0.15, 0.2) is 163 Å². The molecule has 0 bridgehead atoms. The molecule has 0 fully saturated rings. The molecule has 438 valence electrons. The number of furan rings is 4. The number of rotatable bonds is 6. The van der Waals surface area contributed by atoms with Gasteiger partial charge in [-0.05, 0) is 128 Å². The van der Waals surface area contributed by atoms with Crippen molar-refractivity contribution in [1.82, 2.24) is 0 Å². The van der Waals surface area contributed by atoms with Gasteiger partial charge in [0.2, 0.25) is 0 Å². The average molecular weight is 1140 g/mol. The summed E-state index contributed by atoms with van der Waals surface area (Å²) >= 11 is 0. The van der Waals surface area contributed by atoms with Crippen LogP contribution in [0.2, 0.25) is 0 Å². The molecule has 0 N–H and O–H groups in total. The number of anilines is 6. The largest absolute Gasteiger partial charge is 0.456 e. The minimum absolute atomic E-state index is 0.0807. The maximum Gasteiger partial charge on any atom is 0.160 e. The van der Waals surface area contributed by atoms with E-state index >= 15 is 0 Å². The fraction of sp³-hybridized carbons (Fsp3) is 0.325. The van der Waals surface area contributed by atoms with E-state index in [9.17, 15) is 0 Å². The van der Waals surface area contributed by atoms with Crippen LogP contribution in [0.1, 0.15) is 169 Å². The number of hydrogen-bond acceptors (Lipinski definition) is 6. The van der Waals surface area contributed by atoms with E-state index in [0.717, 1.165) is 122 Å². The summed E-state index contributed by atoms with van der Waals surface area (Å²) in [6.07, 6.45) is 0. The molecule has 9 aromatic carbocycles. The Morgan fingerprint density at radius 2 is 0.593 bits per heavy atom. The van der Waals surface area contributed by atoms with Gasteiger partial charge in [0.05, 0.1) is 22.7 Å². The number of fused-ring (bicyclic) bond motifs is 14. The molecule has 0 saturated carbocycles. The van der Waals surface area contributed by atoms with Crippen LogP contribution in [0.25, 0.3) is 87.8 Å². The van der Waals surface area contributed by atoms with Crippen molar-refractivity contribution in [2.75, 3.05) is 9.80 Å². The SMILES string of the molecule is Cc1ccc(N(c2c(C(C)(C)C)cc(C(C)(C)C)cc2C(C)(C)C)c2cc3oc4cc5c(cc4c3c3c2oc2ccccc23)oc2cc(N(c3ccc(C)cc3)c3c(C(C)(C)C)cc(C(C)(C)C)cc3C(C)(C)C)c3oc4ccccc4c3c25)cc1. The maximum atomic E-state index is 7.40. The molecule has 0 radical (unpaired) electrons. The Kier molecular flexibility index (Phi) is 12.7. The summed E-state index contributed by atoms with van der Waals surface area (Å²) in [4.78, 5) is 4.94. The van der Waals surface area contributed by atoms with Crippen LogP contribution in [-0.2, 0) is 32.5 Å². The van der Waals surface area contributed by atoms with Gasteiger partial charge in [-0.1, -0.05) is 221 Å². The third-order valence-corrected chi connectivity index (χ3v) is 17.9. The highest BCUT2D eigenvalue weighted by atomic mass is 16.3. The molecule has 13 rings (SSSR count). The second kappa shape index (κ2) is 19.1. The molecule has 0 aliphatic rings. The van der Waals surface area contributed by atoms with E-state index in [1.165, 1.54) is 44.5 Å². The molecule has 4 heterocycles. The lowest BCUT2D eigenvalue weighted by molar-refractivity contribution is 0.548. The lowest BCUT2D eigenvalue weighted by Crippen LogP contribution is -2.27. The zero-order chi connectivity index (χ0) is 61.3. The van der Waals surface area contributed by atoms with Crippen molar-refractivity contribution < 1.29 is 17.7 Å². The van der Waals surface area contributed by atoms with E-state index in [1.54, 1.807) is 0 Å². The second-order valence-corrected chi connectivity index (χ2v) is 30.9. The first-order valence-corrected chi connectivity index (χ1v) is 30.9. The lowest BCUT2D eigenvalue weighted by atomic mass is 9.73. The van der Waals surface area contributed by atoms with Gasteiger partial charge in [-0.2, -0.15) is 0 Å². The Morgan fingerprint density at radius 1 is 0.279 bits per heavy atom. The standard InChI is InChI=1S/C80H84N2O4/c1-45-29-33-49(34-30-45)81(71-55(77(9,10)11)37-47(75(3,4)5)38-56(71)78(12,13)14)59-43-65-67(69-51-25-21-23-27-61(51)85-73(59)69)53-41-64-54(42-63(53)83-65)68-66(84-64)44-60(74-70(68)52-26-22-24-28-62(52)86-74)82(50-35-31-46(2)32-36-50)72-57(79(15,16)17)39-48(76(6,7)8)40-58(72)80(18,19)20/h21-44H,1-20H3. The summed E-state index contributed by atoms with van der Waals surface area (Å²) in [6, 6.07) is 53.5. The third-order valence-electron chi connectivity index (χ3n) is 17.9. The van der Waals surface area contributed by atoms with E-state index in [0.29, 0.717) is 0 Å². The first-order chi connectivity index (χ1) is 40.3. The van der Waals surface area contributed by atoms with Crippen LogP contribution in [0.4, 0.5) is 34.1 Å². The van der Waals surface area contributed by atoms with E-state index in [4.69, 9.17) is 17.7 Å². The molecule has 0 unspecified atom stereocenters. The van der Waals surface area contributed by atoms with Crippen molar-refractivity contribution in [3.05, 3.63) is 190 Å². The van der Waals surface area contributed by atoms with Crippen LogP contribution in [0.5, 0.6) is 0 Å². The molecule has 0 aliphatic carbocycles. The van der Waals surface area contributed by atoms with Gasteiger partial charge in [0.1, 0.15) is 33.5 Å². The highest BCUT2D eigenvalue weighted by molar-refractivity contribution is 6.33. The van der Waals surface area contributed by atoms with Gasteiger partial charge in [0.25, 0.3) is 0 Å². The van der Waals surface area contributed by atoms with Crippen molar-refractivity contribution in [2.45, 2.75) is 171 Å². The zero-order valence-electron chi connectivity index (χ0n) is 54.4. The summed E-state index contributed by atoms with van der Waals surface area (Å²) < 4.78 is 29.3. The zero-order valence-corrected chi connectivity index (χ0v) is 54.4. The Hall–Kier alpha value is -8.22. The predicted octanol–water partition coefficient (Wildman–Crippen LogP) is 24.6. The highest BCUT2D eigenvalue weighted by Gasteiger charge is 2.38. The van der Waals surface area contributed by atoms with Crippen LogP contribution >= 0.6 is 0 Å². The van der Waals surface area contributed by atoms with Gasteiger partial charge in [0, 0.05) is 66.6 Å². The highest BCUT2D eigenvalue weighted by Crippen LogP contribution is 2.56. The van der Waals surface area contributed by atoms with Gasteiger partial charge in [-0.15, -0.1) is 0 Å². The molecule has 6 heteroatoms. The fourth-order valence-corrected chi connectivity index (χ4v) is 13.2. The van der Waals surface area contributed by atoms with Crippen molar-refractivity contribution in [1.29, 1.82) is 0 Å². The molecule has 6 nitrogen and oxygen atoms in total. The minimum Gasteiger partial charge on any atom is -0.456 e. The third kappa shape index (κ3) is 9.27. The first kappa shape index (κ1) is 56.9. The van der Waals surface area contributed by atoms with Gasteiger partial charge in [-0.3, -0.25) is 0 Å². The smallest absolute Gasteiger partial charge is 0.160 e. The summed E-state index contributed by atoms with van der Waals surface area (Å²) in [7, 11) is 0. The quantitative estimate of drug-likeness (QED) is 0.165. The molecule has 0 aliphatic heterocycles. The molecule has 13 aromatic rings.